The average molecular weight is 438 g/mol. The number of unbranched alkanes of at least 4 members (excludes halogenated alkanes) is 4. The molecule has 1 aliphatic rings. The lowest BCUT2D eigenvalue weighted by Gasteiger charge is -2.33. The molecule has 0 saturated carbocycles. The van der Waals surface area contributed by atoms with Crippen molar-refractivity contribution in [3.05, 3.63) is 50.2 Å². The fourth-order valence-corrected chi connectivity index (χ4v) is 4.90. The van der Waals surface area contributed by atoms with Gasteiger partial charge in [0.25, 0.3) is 5.56 Å². The smallest absolute Gasteiger partial charge is 0.312 e. The van der Waals surface area contributed by atoms with E-state index in [2.05, 4.69) is 50.8 Å². The molecule has 0 saturated heterocycles. The van der Waals surface area contributed by atoms with Gasteiger partial charge in [-0.3, -0.25) is 13.9 Å². The number of aryl methyl sites for hydroxylation is 3. The number of nitrogens with zero attached hydrogens (tertiary/aromatic N) is 5. The van der Waals surface area contributed by atoms with Gasteiger partial charge in [-0.25, -0.2) is 4.79 Å². The number of hydrogen-bond donors (Lipinski definition) is 0. The van der Waals surface area contributed by atoms with E-state index < -0.39 is 0 Å². The largest absolute Gasteiger partial charge is 0.332 e. The van der Waals surface area contributed by atoms with Crippen LogP contribution in [0.5, 0.6) is 0 Å². The van der Waals surface area contributed by atoms with E-state index in [1.807, 2.05) is 4.57 Å². The molecule has 3 heterocycles. The van der Waals surface area contributed by atoms with Crippen molar-refractivity contribution >= 4 is 22.8 Å². The predicted molar refractivity (Wildman–Crippen MR) is 130 cm³/mol. The first-order valence-electron chi connectivity index (χ1n) is 11.9. The van der Waals surface area contributed by atoms with Crippen molar-refractivity contribution in [3.63, 3.8) is 0 Å². The van der Waals surface area contributed by atoms with Crippen molar-refractivity contribution in [1.29, 1.82) is 0 Å². The van der Waals surface area contributed by atoms with Crippen LogP contribution in [0.1, 0.15) is 57.1 Å². The Balaban J connectivity index is 1.82. The first-order valence-corrected chi connectivity index (χ1v) is 11.9. The van der Waals surface area contributed by atoms with Crippen molar-refractivity contribution in [2.45, 2.75) is 72.9 Å². The minimum absolute atomic E-state index is 0.216. The molecule has 0 N–H and O–H groups in total. The molecule has 3 aromatic rings. The summed E-state index contributed by atoms with van der Waals surface area (Å²) < 4.78 is 4.97. The summed E-state index contributed by atoms with van der Waals surface area (Å²) in [5.74, 6) is 1.09. The maximum Gasteiger partial charge on any atom is 0.332 e. The van der Waals surface area contributed by atoms with Gasteiger partial charge in [-0.1, -0.05) is 45.6 Å². The van der Waals surface area contributed by atoms with E-state index in [1.165, 1.54) is 28.5 Å². The molecule has 0 fully saturated rings. The first-order chi connectivity index (χ1) is 15.3. The minimum Gasteiger partial charge on any atom is -0.312 e. The molecule has 0 spiro atoms. The summed E-state index contributed by atoms with van der Waals surface area (Å²) in [4.78, 5) is 33.5. The van der Waals surface area contributed by atoms with Gasteiger partial charge in [0.2, 0.25) is 5.95 Å². The lowest BCUT2D eigenvalue weighted by Crippen LogP contribution is -2.40. The van der Waals surface area contributed by atoms with E-state index in [0.717, 1.165) is 44.0 Å². The summed E-state index contributed by atoms with van der Waals surface area (Å²) in [5.41, 5.74) is 3.98. The molecule has 0 bridgehead atoms. The normalized spacial score (nSPS) is 16.0. The number of imidazole rings is 1. The second kappa shape index (κ2) is 8.96. The summed E-state index contributed by atoms with van der Waals surface area (Å²) >= 11 is 0. The minimum atomic E-state index is -0.278. The molecule has 1 atom stereocenters. The Morgan fingerprint density at radius 3 is 2.38 bits per heavy atom. The molecule has 7 nitrogen and oxygen atoms in total. The lowest BCUT2D eigenvalue weighted by molar-refractivity contribution is 0.457. The molecular weight excluding hydrogens is 402 g/mol. The van der Waals surface area contributed by atoms with E-state index in [-0.39, 0.29) is 11.2 Å². The third-order valence-corrected chi connectivity index (χ3v) is 6.45. The highest BCUT2D eigenvalue weighted by Crippen LogP contribution is 2.33. The van der Waals surface area contributed by atoms with Crippen molar-refractivity contribution in [2.75, 3.05) is 11.4 Å². The number of hydrogen-bond acceptors (Lipinski definition) is 4. The summed E-state index contributed by atoms with van der Waals surface area (Å²) in [5, 5.41) is 0. The second-order valence-electron chi connectivity index (χ2n) is 9.47. The lowest BCUT2D eigenvalue weighted by atomic mass is 10.1. The number of benzene rings is 1. The monoisotopic (exact) mass is 437 g/mol. The number of aromatic nitrogens is 4. The van der Waals surface area contributed by atoms with Gasteiger partial charge in [0.15, 0.2) is 11.2 Å². The molecule has 0 radical (unpaired) electrons. The van der Waals surface area contributed by atoms with Crippen molar-refractivity contribution in [1.82, 2.24) is 18.7 Å². The molecule has 0 amide bonds. The fraction of sp³-hybridized carbons (Fsp3) is 0.560. The fourth-order valence-electron chi connectivity index (χ4n) is 4.90. The highest BCUT2D eigenvalue weighted by Gasteiger charge is 2.30. The van der Waals surface area contributed by atoms with E-state index in [9.17, 15) is 9.59 Å². The topological polar surface area (TPSA) is 65.1 Å². The quantitative estimate of drug-likeness (QED) is 0.518. The molecule has 1 aromatic carbocycles. The van der Waals surface area contributed by atoms with E-state index in [0.29, 0.717) is 23.6 Å². The molecular formula is C25H35N5O2. The van der Waals surface area contributed by atoms with Crippen LogP contribution in [0.3, 0.4) is 0 Å². The van der Waals surface area contributed by atoms with Crippen LogP contribution < -0.4 is 16.1 Å². The Bertz CT molecular complexity index is 1230. The van der Waals surface area contributed by atoms with Gasteiger partial charge >= 0.3 is 5.69 Å². The molecule has 1 aliphatic heterocycles. The van der Waals surface area contributed by atoms with Gasteiger partial charge in [-0.15, -0.1) is 0 Å². The highest BCUT2D eigenvalue weighted by molar-refractivity contribution is 5.77. The van der Waals surface area contributed by atoms with Crippen LogP contribution in [0.2, 0.25) is 0 Å². The molecule has 0 unspecified atom stereocenters. The van der Waals surface area contributed by atoms with Gasteiger partial charge in [-0.05, 0) is 49.4 Å². The van der Waals surface area contributed by atoms with Crippen LogP contribution in [-0.4, -0.2) is 25.2 Å². The Labute approximate surface area is 189 Å². The Morgan fingerprint density at radius 2 is 1.69 bits per heavy atom. The van der Waals surface area contributed by atoms with E-state index in [4.69, 9.17) is 4.98 Å². The number of fused-ring (bicyclic) bond motifs is 3. The third kappa shape index (κ3) is 4.00. The van der Waals surface area contributed by atoms with Crippen LogP contribution in [-0.2, 0) is 20.1 Å². The van der Waals surface area contributed by atoms with Crippen LogP contribution in [0.4, 0.5) is 11.6 Å². The predicted octanol–water partition coefficient (Wildman–Crippen LogP) is 4.27. The van der Waals surface area contributed by atoms with Crippen molar-refractivity contribution < 1.29 is 0 Å². The number of rotatable bonds is 7. The molecule has 4 rings (SSSR count). The van der Waals surface area contributed by atoms with Gasteiger partial charge in [0.05, 0.1) is 0 Å². The van der Waals surface area contributed by atoms with Crippen LogP contribution >= 0.6 is 0 Å². The molecule has 172 valence electrons. The second-order valence-corrected chi connectivity index (χ2v) is 9.47. The molecule has 32 heavy (non-hydrogen) atoms. The van der Waals surface area contributed by atoms with Gasteiger partial charge in [-0.2, -0.15) is 4.98 Å². The highest BCUT2D eigenvalue weighted by atomic mass is 16.2. The van der Waals surface area contributed by atoms with Crippen LogP contribution in [0.25, 0.3) is 11.2 Å². The van der Waals surface area contributed by atoms with Crippen LogP contribution in [0.15, 0.2) is 27.8 Å². The van der Waals surface area contributed by atoms with Gasteiger partial charge in [0, 0.05) is 32.4 Å². The summed E-state index contributed by atoms with van der Waals surface area (Å²) in [6.07, 6.45) is 5.37. The SMILES string of the molecule is CCCCCCCn1c(=O)c2c(nc3n2C[C@H](C)CN3c2cc(C)cc(C)c2)n(C)c1=O. The zero-order valence-electron chi connectivity index (χ0n) is 20.0. The maximum absolute atomic E-state index is 13.5. The first kappa shape index (κ1) is 22.4. The van der Waals surface area contributed by atoms with E-state index >= 15 is 0 Å². The van der Waals surface area contributed by atoms with Gasteiger partial charge in [0.1, 0.15) is 0 Å². The molecule has 2 aromatic heterocycles. The Kier molecular flexibility index (Phi) is 6.26. The summed E-state index contributed by atoms with van der Waals surface area (Å²) in [6, 6.07) is 6.47. The van der Waals surface area contributed by atoms with Crippen molar-refractivity contribution in [3.8, 4) is 0 Å². The number of anilines is 2. The standard InChI is InChI=1S/C25H35N5O2/c1-6-7-8-9-10-11-28-23(31)21-22(27(5)25(28)32)26-24-29(15-19(4)16-30(21)24)20-13-17(2)12-18(3)14-20/h12-14,19H,6-11,15-16H2,1-5H3/t19-/m1/s1. The zero-order chi connectivity index (χ0) is 23.0. The van der Waals surface area contributed by atoms with Crippen molar-refractivity contribution in [2.24, 2.45) is 13.0 Å². The molecule has 7 heteroatoms. The summed E-state index contributed by atoms with van der Waals surface area (Å²) in [7, 11) is 1.72. The summed E-state index contributed by atoms with van der Waals surface area (Å²) in [6.45, 7) is 10.6. The third-order valence-electron chi connectivity index (χ3n) is 6.45. The maximum atomic E-state index is 13.5. The molecule has 0 aliphatic carbocycles. The average Bonchev–Trinajstić information content (AvgIpc) is 3.12. The Morgan fingerprint density at radius 1 is 1.00 bits per heavy atom. The van der Waals surface area contributed by atoms with Crippen LogP contribution in [0, 0.1) is 19.8 Å². The zero-order valence-corrected chi connectivity index (χ0v) is 20.0. The van der Waals surface area contributed by atoms with Gasteiger partial charge < -0.3 is 9.47 Å². The van der Waals surface area contributed by atoms with E-state index in [1.54, 1.807) is 11.6 Å². The Hall–Kier alpha value is -2.83.